The highest BCUT2D eigenvalue weighted by Crippen LogP contribution is 2.14. The van der Waals surface area contributed by atoms with E-state index < -0.39 is 11.4 Å². The van der Waals surface area contributed by atoms with Crippen LogP contribution in [0, 0.1) is 0 Å². The number of hydrogen-bond acceptors (Lipinski definition) is 4. The van der Waals surface area contributed by atoms with Gasteiger partial charge in [-0.25, -0.2) is 0 Å². The molecule has 0 saturated carbocycles. The fraction of sp³-hybridized carbons (Fsp3) is 0.400. The highest BCUT2D eigenvalue weighted by molar-refractivity contribution is 7.74. The molecule has 1 unspecified atom stereocenters. The number of anilines is 1. The molecule has 0 aliphatic heterocycles. The van der Waals surface area contributed by atoms with Crippen molar-refractivity contribution in [3.05, 3.63) is 24.3 Å². The largest absolute Gasteiger partial charge is 0.497 e. The second-order valence-electron chi connectivity index (χ2n) is 3.05. The van der Waals surface area contributed by atoms with Gasteiger partial charge >= 0.3 is 11.4 Å². The Kier molecular flexibility index (Phi) is 5.84. The van der Waals surface area contributed by atoms with Crippen LogP contribution < -0.4 is 10.1 Å². The third kappa shape index (κ3) is 5.11. The van der Waals surface area contributed by atoms with Gasteiger partial charge in [-0.3, -0.25) is 8.74 Å². The van der Waals surface area contributed by atoms with E-state index in [0.717, 1.165) is 11.4 Å². The highest BCUT2D eigenvalue weighted by Gasteiger charge is 1.95. The summed E-state index contributed by atoms with van der Waals surface area (Å²) < 4.78 is 28.0. The summed E-state index contributed by atoms with van der Waals surface area (Å²) in [6.45, 7) is 0.940. The minimum absolute atomic E-state index is 0.256. The molecule has 0 fully saturated rings. The van der Waals surface area contributed by atoms with E-state index in [4.69, 9.17) is 9.29 Å². The SMILES string of the molecule is COc1ccc(NCCCOS(=O)O)cc1. The minimum atomic E-state index is -2.16. The first-order valence-corrected chi connectivity index (χ1v) is 5.87. The molecule has 0 radical (unpaired) electrons. The maximum atomic E-state index is 10.2. The molecular formula is C10H15NO4S. The van der Waals surface area contributed by atoms with Gasteiger partial charge in [-0.05, 0) is 30.7 Å². The normalized spacial score (nSPS) is 12.1. The zero-order valence-electron chi connectivity index (χ0n) is 9.01. The van der Waals surface area contributed by atoms with Crippen molar-refractivity contribution in [2.75, 3.05) is 25.6 Å². The Hall–Kier alpha value is -1.11. The summed E-state index contributed by atoms with van der Waals surface area (Å²) in [5, 5.41) is 3.15. The molecule has 0 spiro atoms. The van der Waals surface area contributed by atoms with Gasteiger partial charge < -0.3 is 10.1 Å². The van der Waals surface area contributed by atoms with Gasteiger partial charge in [0, 0.05) is 12.2 Å². The van der Waals surface area contributed by atoms with Crippen molar-refractivity contribution in [3.63, 3.8) is 0 Å². The first kappa shape index (κ1) is 13.0. The first-order valence-electron chi connectivity index (χ1n) is 4.84. The number of rotatable bonds is 7. The van der Waals surface area contributed by atoms with Crippen LogP contribution >= 0.6 is 0 Å². The van der Waals surface area contributed by atoms with Gasteiger partial charge in [-0.15, -0.1) is 0 Å². The molecule has 0 aliphatic carbocycles. The number of hydrogen-bond donors (Lipinski definition) is 2. The third-order valence-electron chi connectivity index (χ3n) is 1.92. The summed E-state index contributed by atoms with van der Waals surface area (Å²) in [7, 11) is 1.62. The van der Waals surface area contributed by atoms with E-state index >= 15 is 0 Å². The van der Waals surface area contributed by atoms with E-state index in [1.165, 1.54) is 0 Å². The Morgan fingerprint density at radius 3 is 2.62 bits per heavy atom. The number of benzene rings is 1. The van der Waals surface area contributed by atoms with Crippen molar-refractivity contribution in [2.24, 2.45) is 0 Å². The smallest absolute Gasteiger partial charge is 0.301 e. The molecule has 0 bridgehead atoms. The molecule has 1 aromatic rings. The molecular weight excluding hydrogens is 230 g/mol. The van der Waals surface area contributed by atoms with E-state index in [0.29, 0.717) is 13.0 Å². The summed E-state index contributed by atoms with van der Waals surface area (Å²) >= 11 is -2.16. The molecule has 1 atom stereocenters. The van der Waals surface area contributed by atoms with Crippen molar-refractivity contribution in [3.8, 4) is 5.75 Å². The lowest BCUT2D eigenvalue weighted by atomic mass is 10.3. The molecule has 0 heterocycles. The van der Waals surface area contributed by atoms with Gasteiger partial charge in [0.05, 0.1) is 13.7 Å². The Balaban J connectivity index is 2.19. The molecule has 0 aliphatic rings. The van der Waals surface area contributed by atoms with Crippen molar-refractivity contribution >= 4 is 17.0 Å². The van der Waals surface area contributed by atoms with E-state index in [9.17, 15) is 4.21 Å². The Morgan fingerprint density at radius 2 is 2.06 bits per heavy atom. The molecule has 90 valence electrons. The molecule has 1 aromatic carbocycles. The minimum Gasteiger partial charge on any atom is -0.497 e. The van der Waals surface area contributed by atoms with Crippen LogP contribution in [0.15, 0.2) is 24.3 Å². The van der Waals surface area contributed by atoms with Gasteiger partial charge in [0.1, 0.15) is 5.75 Å². The predicted molar refractivity (Wildman–Crippen MR) is 62.8 cm³/mol. The van der Waals surface area contributed by atoms with E-state index in [1.54, 1.807) is 7.11 Å². The monoisotopic (exact) mass is 245 g/mol. The van der Waals surface area contributed by atoms with Crippen molar-refractivity contribution in [1.29, 1.82) is 0 Å². The van der Waals surface area contributed by atoms with E-state index in [2.05, 4.69) is 9.50 Å². The fourth-order valence-corrected chi connectivity index (χ4v) is 1.40. The summed E-state index contributed by atoms with van der Waals surface area (Å²) in [4.78, 5) is 0. The Bertz CT molecular complexity index is 328. The van der Waals surface area contributed by atoms with Crippen LogP contribution in [0.25, 0.3) is 0 Å². The van der Waals surface area contributed by atoms with Gasteiger partial charge in [0.25, 0.3) is 0 Å². The molecule has 0 saturated heterocycles. The van der Waals surface area contributed by atoms with Crippen molar-refractivity contribution in [2.45, 2.75) is 6.42 Å². The Morgan fingerprint density at radius 1 is 1.38 bits per heavy atom. The summed E-state index contributed by atoms with van der Waals surface area (Å²) in [6, 6.07) is 7.54. The van der Waals surface area contributed by atoms with Gasteiger partial charge in [0.2, 0.25) is 0 Å². The van der Waals surface area contributed by atoms with Crippen LogP contribution in [0.1, 0.15) is 6.42 Å². The zero-order chi connectivity index (χ0) is 11.8. The fourth-order valence-electron chi connectivity index (χ4n) is 1.14. The topological polar surface area (TPSA) is 67.8 Å². The van der Waals surface area contributed by atoms with Crippen LogP contribution in [0.3, 0.4) is 0 Å². The third-order valence-corrected chi connectivity index (χ3v) is 2.29. The average molecular weight is 245 g/mol. The highest BCUT2D eigenvalue weighted by atomic mass is 32.2. The second kappa shape index (κ2) is 7.21. The van der Waals surface area contributed by atoms with E-state index in [1.807, 2.05) is 24.3 Å². The molecule has 6 heteroatoms. The summed E-state index contributed by atoms with van der Waals surface area (Å²) in [5.74, 6) is 0.810. The van der Waals surface area contributed by atoms with Crippen molar-refractivity contribution < 1.29 is 17.7 Å². The van der Waals surface area contributed by atoms with Crippen LogP contribution in [0.2, 0.25) is 0 Å². The van der Waals surface area contributed by atoms with Crippen LogP contribution in [0.4, 0.5) is 5.69 Å². The van der Waals surface area contributed by atoms with Gasteiger partial charge in [-0.1, -0.05) is 0 Å². The van der Waals surface area contributed by atoms with Gasteiger partial charge in [0.15, 0.2) is 0 Å². The van der Waals surface area contributed by atoms with Crippen LogP contribution in [-0.2, 0) is 15.5 Å². The molecule has 0 aromatic heterocycles. The number of methoxy groups -OCH3 is 1. The molecule has 16 heavy (non-hydrogen) atoms. The lowest BCUT2D eigenvalue weighted by molar-refractivity contribution is 0.305. The van der Waals surface area contributed by atoms with Crippen LogP contribution in [-0.4, -0.2) is 29.0 Å². The standard InChI is InChI=1S/C10H15NO4S/c1-14-10-5-3-9(4-6-10)11-7-2-8-15-16(12)13/h3-6,11H,2,7-8H2,1H3,(H,12,13). The average Bonchev–Trinajstić information content (AvgIpc) is 2.29. The maximum Gasteiger partial charge on any atom is 0.301 e. The lowest BCUT2D eigenvalue weighted by Crippen LogP contribution is -2.06. The number of nitrogens with one attached hydrogen (secondary N) is 1. The predicted octanol–water partition coefficient (Wildman–Crippen LogP) is 1.65. The first-order chi connectivity index (χ1) is 7.72. The molecule has 0 amide bonds. The summed E-state index contributed by atoms with van der Waals surface area (Å²) in [6.07, 6.45) is 0.665. The van der Waals surface area contributed by atoms with Gasteiger partial charge in [-0.2, -0.15) is 4.21 Å². The molecule has 5 nitrogen and oxygen atoms in total. The molecule has 1 rings (SSSR count). The quantitative estimate of drug-likeness (QED) is 0.564. The Labute approximate surface area is 97.3 Å². The second-order valence-corrected chi connectivity index (χ2v) is 3.72. The van der Waals surface area contributed by atoms with Crippen LogP contribution in [0.5, 0.6) is 5.75 Å². The maximum absolute atomic E-state index is 10.2. The zero-order valence-corrected chi connectivity index (χ0v) is 9.83. The van der Waals surface area contributed by atoms with Crippen molar-refractivity contribution in [1.82, 2.24) is 0 Å². The lowest BCUT2D eigenvalue weighted by Gasteiger charge is -2.06. The summed E-state index contributed by atoms with van der Waals surface area (Å²) in [5.41, 5.74) is 0.978. The molecule has 2 N–H and O–H groups in total. The van der Waals surface area contributed by atoms with E-state index in [-0.39, 0.29) is 6.61 Å². The number of ether oxygens (including phenoxy) is 1.